The van der Waals surface area contributed by atoms with E-state index in [1.165, 1.54) is 0 Å². The number of nitrogens with one attached hydrogen (secondary N) is 1. The number of aliphatic imine (C=N–C) groups is 1. The highest BCUT2D eigenvalue weighted by Gasteiger charge is 2.48. The summed E-state index contributed by atoms with van der Waals surface area (Å²) in [6, 6.07) is 0.243. The lowest BCUT2D eigenvalue weighted by molar-refractivity contribution is 0.00363. The first-order chi connectivity index (χ1) is 10.5. The van der Waals surface area contributed by atoms with E-state index in [9.17, 15) is 10.2 Å². The van der Waals surface area contributed by atoms with Crippen molar-refractivity contribution in [3.05, 3.63) is 12.2 Å². The molecule has 7 nitrogen and oxygen atoms in total. The van der Waals surface area contributed by atoms with Gasteiger partial charge in [-0.2, -0.15) is 4.99 Å². The number of hydrogen-bond acceptors (Lipinski definition) is 6. The molecule has 0 spiro atoms. The third-order valence-corrected chi connectivity index (χ3v) is 3.57. The lowest BCUT2D eigenvalue weighted by atomic mass is 10.1. The van der Waals surface area contributed by atoms with Gasteiger partial charge in [-0.1, -0.05) is 13.0 Å². The fourth-order valence-corrected chi connectivity index (χ4v) is 2.53. The highest BCUT2D eigenvalue weighted by Crippen LogP contribution is 2.29. The number of aliphatic hydroxyl groups is 2. The van der Waals surface area contributed by atoms with Crippen molar-refractivity contribution in [2.45, 2.75) is 57.3 Å². The second-order valence-corrected chi connectivity index (χ2v) is 5.67. The Kier molecular flexibility index (Phi) is 5.80. The van der Waals surface area contributed by atoms with Gasteiger partial charge in [-0.3, -0.25) is 0 Å². The maximum Gasteiger partial charge on any atom is 0.288 e. The quantitative estimate of drug-likeness (QED) is 0.381. The van der Waals surface area contributed by atoms with Crippen LogP contribution in [-0.2, 0) is 14.2 Å². The van der Waals surface area contributed by atoms with Crippen molar-refractivity contribution >= 4 is 6.02 Å². The van der Waals surface area contributed by atoms with Crippen LogP contribution in [0.2, 0.25) is 0 Å². The largest absolute Gasteiger partial charge is 0.457 e. The van der Waals surface area contributed by atoms with Crippen molar-refractivity contribution in [1.82, 2.24) is 5.32 Å². The molecule has 2 rings (SSSR count). The minimum atomic E-state index is -1.34. The summed E-state index contributed by atoms with van der Waals surface area (Å²) in [6.45, 7) is 6.67. The van der Waals surface area contributed by atoms with E-state index in [1.807, 2.05) is 19.9 Å². The molecule has 0 amide bonds. The highest BCUT2D eigenvalue weighted by atomic mass is 16.6. The molecule has 2 aliphatic rings. The van der Waals surface area contributed by atoms with Gasteiger partial charge in [-0.05, 0) is 26.3 Å². The normalized spacial score (nSPS) is 34.7. The number of allylic oxidation sites excluding steroid dienone is 1. The second kappa shape index (κ2) is 7.41. The second-order valence-electron chi connectivity index (χ2n) is 5.67. The summed E-state index contributed by atoms with van der Waals surface area (Å²) in [7, 11) is 0. The number of amidine groups is 1. The van der Waals surface area contributed by atoms with Crippen LogP contribution in [-0.4, -0.2) is 66.1 Å². The van der Waals surface area contributed by atoms with Gasteiger partial charge in [0.1, 0.15) is 18.3 Å². The summed E-state index contributed by atoms with van der Waals surface area (Å²) in [6.07, 6.45) is 2.65. The fraction of sp³-hybridized carbons (Fsp3) is 0.800. The van der Waals surface area contributed by atoms with Gasteiger partial charge in [-0.15, -0.1) is 0 Å². The molecular formula is C15H26N2O5. The summed E-state index contributed by atoms with van der Waals surface area (Å²) >= 11 is 0. The lowest BCUT2D eigenvalue weighted by Crippen LogP contribution is -2.39. The molecular weight excluding hydrogens is 288 g/mol. The maximum atomic E-state index is 10.2. The summed E-state index contributed by atoms with van der Waals surface area (Å²) < 4.78 is 16.8. The van der Waals surface area contributed by atoms with Gasteiger partial charge in [0.05, 0.1) is 13.2 Å². The van der Waals surface area contributed by atoms with Crippen LogP contribution in [0, 0.1) is 0 Å². The first-order valence-electron chi connectivity index (χ1n) is 7.78. The van der Waals surface area contributed by atoms with E-state index in [2.05, 4.69) is 10.3 Å². The van der Waals surface area contributed by atoms with Gasteiger partial charge in [0, 0.05) is 6.54 Å². The van der Waals surface area contributed by atoms with E-state index < -0.39 is 11.8 Å². The third-order valence-electron chi connectivity index (χ3n) is 3.57. The van der Waals surface area contributed by atoms with Crippen molar-refractivity contribution in [2.24, 2.45) is 4.99 Å². The molecule has 5 atom stereocenters. The molecule has 0 aromatic carbocycles. The maximum absolute atomic E-state index is 10.2. The van der Waals surface area contributed by atoms with Crippen LogP contribution in [0.4, 0.5) is 0 Å². The summed E-state index contributed by atoms with van der Waals surface area (Å²) in [5.74, 6) is 0. The summed E-state index contributed by atoms with van der Waals surface area (Å²) in [5.41, 5.74) is -1.34. The first kappa shape index (κ1) is 17.2. The van der Waals surface area contributed by atoms with E-state index in [4.69, 9.17) is 14.2 Å². The van der Waals surface area contributed by atoms with E-state index >= 15 is 0 Å². The average molecular weight is 314 g/mol. The highest BCUT2D eigenvalue weighted by molar-refractivity contribution is 5.74. The van der Waals surface area contributed by atoms with Crippen LogP contribution in [0.15, 0.2) is 17.1 Å². The third kappa shape index (κ3) is 4.19. The monoisotopic (exact) mass is 314 g/mol. The van der Waals surface area contributed by atoms with E-state index in [0.717, 1.165) is 6.42 Å². The molecule has 2 aliphatic heterocycles. The number of hydrogen-bond donors (Lipinski definition) is 3. The van der Waals surface area contributed by atoms with Gasteiger partial charge in [0.15, 0.2) is 11.8 Å². The molecule has 0 radical (unpaired) electrons. The molecule has 126 valence electrons. The van der Waals surface area contributed by atoms with Crippen LogP contribution in [0.25, 0.3) is 0 Å². The Bertz CT molecular complexity index is 424. The zero-order chi connectivity index (χ0) is 16.2. The van der Waals surface area contributed by atoms with Crippen LogP contribution >= 0.6 is 0 Å². The molecule has 2 saturated heterocycles. The molecule has 7 heteroatoms. The lowest BCUT2D eigenvalue weighted by Gasteiger charge is -2.22. The predicted molar refractivity (Wildman–Crippen MR) is 81.5 cm³/mol. The SMILES string of the molecule is CC/C=C\C(C)(O)/N=C(\NCC)O[C@@H]1CO[C@H]2[C@@H]1OC[C@H]2O. The van der Waals surface area contributed by atoms with Crippen LogP contribution in [0.3, 0.4) is 0 Å². The number of aliphatic hydroxyl groups excluding tert-OH is 1. The number of nitrogens with zero attached hydrogens (tertiary/aromatic N) is 1. The van der Waals surface area contributed by atoms with E-state index in [0.29, 0.717) is 13.2 Å². The molecule has 2 heterocycles. The van der Waals surface area contributed by atoms with E-state index in [1.54, 1.807) is 13.0 Å². The van der Waals surface area contributed by atoms with Gasteiger partial charge in [-0.25, -0.2) is 0 Å². The smallest absolute Gasteiger partial charge is 0.288 e. The van der Waals surface area contributed by atoms with Crippen molar-refractivity contribution in [2.75, 3.05) is 19.8 Å². The van der Waals surface area contributed by atoms with Crippen molar-refractivity contribution < 1.29 is 24.4 Å². The molecule has 2 fully saturated rings. The van der Waals surface area contributed by atoms with Gasteiger partial charge >= 0.3 is 0 Å². The Labute approximate surface area is 131 Å². The van der Waals surface area contributed by atoms with Gasteiger partial charge in [0.25, 0.3) is 6.02 Å². The molecule has 1 unspecified atom stereocenters. The Morgan fingerprint density at radius 3 is 2.77 bits per heavy atom. The Balaban J connectivity index is 2.04. The van der Waals surface area contributed by atoms with Crippen molar-refractivity contribution in [3.8, 4) is 0 Å². The number of ether oxygens (including phenoxy) is 3. The van der Waals surface area contributed by atoms with Crippen LogP contribution in [0.5, 0.6) is 0 Å². The van der Waals surface area contributed by atoms with Crippen LogP contribution in [0.1, 0.15) is 27.2 Å². The number of fused-ring (bicyclic) bond motifs is 1. The molecule has 3 N–H and O–H groups in total. The number of rotatable bonds is 5. The predicted octanol–water partition coefficient (Wildman–Crippen LogP) is 0.170. The summed E-state index contributed by atoms with van der Waals surface area (Å²) in [5, 5.41) is 23.0. The molecule has 0 saturated carbocycles. The minimum Gasteiger partial charge on any atom is -0.457 e. The first-order valence-corrected chi connectivity index (χ1v) is 7.78. The Morgan fingerprint density at radius 1 is 1.36 bits per heavy atom. The standard InChI is InChI=1S/C15H26N2O5/c1-4-6-7-15(3,19)17-14(16-5-2)22-11-9-21-12-10(18)8-20-13(11)12/h6-7,10-13,18-19H,4-5,8-9H2,1-3H3,(H,16,17)/b7-6-/t10-,11-,12-,13-,15?/m1/s1. The topological polar surface area (TPSA) is 92.5 Å². The minimum absolute atomic E-state index is 0.243. The van der Waals surface area contributed by atoms with Gasteiger partial charge in [0.2, 0.25) is 0 Å². The molecule has 0 bridgehead atoms. The average Bonchev–Trinajstić information content (AvgIpc) is 3.01. The molecule has 0 aliphatic carbocycles. The Morgan fingerprint density at radius 2 is 2.09 bits per heavy atom. The zero-order valence-corrected chi connectivity index (χ0v) is 13.4. The fourth-order valence-electron chi connectivity index (χ4n) is 2.53. The Hall–Kier alpha value is -1.15. The van der Waals surface area contributed by atoms with Crippen molar-refractivity contribution in [1.29, 1.82) is 0 Å². The van der Waals surface area contributed by atoms with Crippen molar-refractivity contribution in [3.63, 3.8) is 0 Å². The molecule has 0 aromatic heterocycles. The molecule has 0 aromatic rings. The van der Waals surface area contributed by atoms with Gasteiger partial charge < -0.3 is 29.7 Å². The van der Waals surface area contributed by atoms with Crippen LogP contribution < -0.4 is 5.32 Å². The zero-order valence-electron chi connectivity index (χ0n) is 13.4. The molecule has 22 heavy (non-hydrogen) atoms. The van der Waals surface area contributed by atoms with E-state index in [-0.39, 0.29) is 30.9 Å². The summed E-state index contributed by atoms with van der Waals surface area (Å²) in [4.78, 5) is 4.21.